The summed E-state index contributed by atoms with van der Waals surface area (Å²) in [5, 5.41) is 10.4. The van der Waals surface area contributed by atoms with E-state index in [2.05, 4.69) is 0 Å². The van der Waals surface area contributed by atoms with Gasteiger partial charge in [-0.25, -0.2) is 4.39 Å². The fraction of sp³-hybridized carbons (Fsp3) is 0.409. The van der Waals surface area contributed by atoms with Gasteiger partial charge in [0.25, 0.3) is 0 Å². The number of hydrogen-bond acceptors (Lipinski definition) is 6. The summed E-state index contributed by atoms with van der Waals surface area (Å²) in [6.45, 7) is 2.99. The van der Waals surface area contributed by atoms with Crippen LogP contribution in [0.2, 0.25) is 0 Å². The molecule has 0 amide bonds. The van der Waals surface area contributed by atoms with Gasteiger partial charge in [0, 0.05) is 31.6 Å². The maximum Gasteiger partial charge on any atom is 0.305 e. The Bertz CT molecular complexity index is 829. The Morgan fingerprint density at radius 3 is 2.79 bits per heavy atom. The molecule has 1 unspecified atom stereocenters. The number of benzene rings is 2. The average molecular weight is 403 g/mol. The third-order valence-electron chi connectivity index (χ3n) is 4.55. The summed E-state index contributed by atoms with van der Waals surface area (Å²) < 4.78 is 30.0. The van der Waals surface area contributed by atoms with E-state index in [9.17, 15) is 14.3 Å². The van der Waals surface area contributed by atoms with Gasteiger partial charge in [0.2, 0.25) is 6.79 Å². The zero-order valence-electron chi connectivity index (χ0n) is 16.5. The number of carbonyl (C=O) groups excluding carboxylic acids is 1. The summed E-state index contributed by atoms with van der Waals surface area (Å²) in [6.07, 6.45) is 0.137. The van der Waals surface area contributed by atoms with Crippen LogP contribution in [0.4, 0.5) is 4.39 Å². The molecule has 1 aliphatic rings. The molecule has 1 heterocycles. The molecule has 0 spiro atoms. The molecule has 0 saturated carbocycles. The first-order chi connectivity index (χ1) is 14.0. The van der Waals surface area contributed by atoms with Crippen LogP contribution in [0.1, 0.15) is 30.9 Å². The molecule has 1 atom stereocenters. The first-order valence-electron chi connectivity index (χ1n) is 9.73. The molecule has 0 bridgehead atoms. The quantitative estimate of drug-likeness (QED) is 0.614. The number of rotatable bonds is 10. The summed E-state index contributed by atoms with van der Waals surface area (Å²) in [4.78, 5) is 13.5. The van der Waals surface area contributed by atoms with Crippen molar-refractivity contribution < 1.29 is 28.5 Å². The van der Waals surface area contributed by atoms with Gasteiger partial charge in [-0.1, -0.05) is 31.2 Å². The van der Waals surface area contributed by atoms with E-state index in [1.165, 1.54) is 6.07 Å². The van der Waals surface area contributed by atoms with Crippen LogP contribution in [-0.2, 0) is 22.6 Å². The van der Waals surface area contributed by atoms with Gasteiger partial charge in [-0.2, -0.15) is 0 Å². The lowest BCUT2D eigenvalue weighted by Gasteiger charge is -2.25. The first-order valence-corrected chi connectivity index (χ1v) is 9.73. The van der Waals surface area contributed by atoms with Crippen molar-refractivity contribution in [3.63, 3.8) is 0 Å². The van der Waals surface area contributed by atoms with Crippen molar-refractivity contribution >= 4 is 5.97 Å². The summed E-state index contributed by atoms with van der Waals surface area (Å²) in [5.41, 5.74) is 1.48. The average Bonchev–Trinajstić information content (AvgIpc) is 3.16. The number of ether oxygens (including phenoxy) is 3. The van der Waals surface area contributed by atoms with Gasteiger partial charge < -0.3 is 19.3 Å². The fourth-order valence-electron chi connectivity index (χ4n) is 3.17. The lowest BCUT2D eigenvalue weighted by molar-refractivity contribution is -0.147. The molecule has 1 aliphatic heterocycles. The zero-order valence-corrected chi connectivity index (χ0v) is 16.5. The lowest BCUT2D eigenvalue weighted by atomic mass is 10.1. The first kappa shape index (κ1) is 21.1. The number of aliphatic hydroxyl groups excluding tert-OH is 1. The van der Waals surface area contributed by atoms with Crippen molar-refractivity contribution in [3.05, 3.63) is 59.4 Å². The van der Waals surface area contributed by atoms with Crippen LogP contribution in [0.3, 0.4) is 0 Å². The van der Waals surface area contributed by atoms with E-state index >= 15 is 0 Å². The molecule has 2 aromatic rings. The summed E-state index contributed by atoms with van der Waals surface area (Å²) in [7, 11) is 0. The highest BCUT2D eigenvalue weighted by molar-refractivity contribution is 5.69. The summed E-state index contributed by atoms with van der Waals surface area (Å²) >= 11 is 0. The molecule has 3 rings (SSSR count). The van der Waals surface area contributed by atoms with Crippen molar-refractivity contribution in [2.75, 3.05) is 19.9 Å². The van der Waals surface area contributed by atoms with E-state index in [1.807, 2.05) is 30.0 Å². The molecule has 2 aromatic carbocycles. The minimum absolute atomic E-state index is 0.0895. The SMILES string of the molecule is CCCC(=O)OCC(O)CN(Cc1ccc2c(c1)OCO2)Cc1ccccc1F. The van der Waals surface area contributed by atoms with E-state index in [1.54, 1.807) is 18.2 Å². The second-order valence-electron chi connectivity index (χ2n) is 7.04. The topological polar surface area (TPSA) is 68.2 Å². The van der Waals surface area contributed by atoms with Crippen molar-refractivity contribution in [2.24, 2.45) is 0 Å². The van der Waals surface area contributed by atoms with Crippen molar-refractivity contribution in [1.82, 2.24) is 4.90 Å². The Labute approximate surface area is 169 Å². The van der Waals surface area contributed by atoms with E-state index in [0.29, 0.717) is 43.0 Å². The highest BCUT2D eigenvalue weighted by atomic mass is 19.1. The lowest BCUT2D eigenvalue weighted by Crippen LogP contribution is -2.35. The van der Waals surface area contributed by atoms with Crippen LogP contribution in [0.25, 0.3) is 0 Å². The third-order valence-corrected chi connectivity index (χ3v) is 4.55. The number of halogens is 1. The predicted octanol–water partition coefficient (Wildman–Crippen LogP) is 3.26. The maximum absolute atomic E-state index is 14.1. The molecule has 156 valence electrons. The second-order valence-corrected chi connectivity index (χ2v) is 7.04. The smallest absolute Gasteiger partial charge is 0.305 e. The molecule has 6 nitrogen and oxygen atoms in total. The Balaban J connectivity index is 1.67. The van der Waals surface area contributed by atoms with Crippen LogP contribution in [0.15, 0.2) is 42.5 Å². The molecule has 0 radical (unpaired) electrons. The molecule has 0 saturated heterocycles. The number of carbonyl (C=O) groups is 1. The van der Waals surface area contributed by atoms with E-state index in [4.69, 9.17) is 14.2 Å². The molecule has 0 fully saturated rings. The van der Waals surface area contributed by atoms with E-state index in [0.717, 1.165) is 5.56 Å². The molecule has 0 aromatic heterocycles. The Hall–Kier alpha value is -2.64. The molecular weight excluding hydrogens is 377 g/mol. The molecule has 0 aliphatic carbocycles. The highest BCUT2D eigenvalue weighted by Crippen LogP contribution is 2.33. The van der Waals surface area contributed by atoms with E-state index < -0.39 is 6.10 Å². The van der Waals surface area contributed by atoms with Crippen LogP contribution < -0.4 is 9.47 Å². The minimum atomic E-state index is -0.878. The predicted molar refractivity (Wildman–Crippen MR) is 105 cm³/mol. The largest absolute Gasteiger partial charge is 0.463 e. The third kappa shape index (κ3) is 6.17. The van der Waals surface area contributed by atoms with Gasteiger partial charge in [-0.05, 0) is 30.2 Å². The molecule has 7 heteroatoms. The van der Waals surface area contributed by atoms with Crippen LogP contribution >= 0.6 is 0 Å². The monoisotopic (exact) mass is 403 g/mol. The van der Waals surface area contributed by atoms with Gasteiger partial charge in [0.05, 0.1) is 0 Å². The Morgan fingerprint density at radius 2 is 2.00 bits per heavy atom. The Kier molecular flexibility index (Phi) is 7.43. The van der Waals surface area contributed by atoms with Gasteiger partial charge >= 0.3 is 5.97 Å². The standard InChI is InChI=1S/C22H26FNO5/c1-2-5-22(26)27-14-18(25)13-24(12-17-6-3-4-7-19(17)23)11-16-8-9-20-21(10-16)29-15-28-20/h3-4,6-10,18,25H,2,5,11-15H2,1H3. The minimum Gasteiger partial charge on any atom is -0.463 e. The number of hydrogen-bond donors (Lipinski definition) is 1. The molecule has 1 N–H and O–H groups in total. The van der Waals surface area contributed by atoms with Crippen LogP contribution in [-0.4, -0.2) is 42.0 Å². The maximum atomic E-state index is 14.1. The van der Waals surface area contributed by atoms with Crippen molar-refractivity contribution in [3.8, 4) is 11.5 Å². The van der Waals surface area contributed by atoms with Gasteiger partial charge in [0.15, 0.2) is 11.5 Å². The van der Waals surface area contributed by atoms with E-state index in [-0.39, 0.29) is 31.7 Å². The normalized spacial score (nSPS) is 13.5. The molecule has 29 heavy (non-hydrogen) atoms. The second kappa shape index (κ2) is 10.2. The Morgan fingerprint density at radius 1 is 1.21 bits per heavy atom. The molecular formula is C22H26FNO5. The summed E-state index contributed by atoms with van der Waals surface area (Å²) in [5.74, 6) is 0.731. The zero-order chi connectivity index (χ0) is 20.6. The van der Waals surface area contributed by atoms with Crippen molar-refractivity contribution in [1.29, 1.82) is 0 Å². The number of aliphatic hydroxyl groups is 1. The number of nitrogens with zero attached hydrogens (tertiary/aromatic N) is 1. The van der Waals surface area contributed by atoms with Gasteiger partial charge in [0.1, 0.15) is 18.5 Å². The highest BCUT2D eigenvalue weighted by Gasteiger charge is 2.18. The number of fused-ring (bicyclic) bond motifs is 1. The fourth-order valence-corrected chi connectivity index (χ4v) is 3.17. The summed E-state index contributed by atoms with van der Waals surface area (Å²) in [6, 6.07) is 12.2. The number of esters is 1. The van der Waals surface area contributed by atoms with Gasteiger partial charge in [-0.15, -0.1) is 0 Å². The van der Waals surface area contributed by atoms with Crippen molar-refractivity contribution in [2.45, 2.75) is 39.0 Å². The van der Waals surface area contributed by atoms with Crippen LogP contribution in [0, 0.1) is 5.82 Å². The van der Waals surface area contributed by atoms with Gasteiger partial charge in [-0.3, -0.25) is 9.69 Å². The van der Waals surface area contributed by atoms with Crippen LogP contribution in [0.5, 0.6) is 11.5 Å².